The maximum Gasteiger partial charge on any atom is 0.222 e. The van der Waals surface area contributed by atoms with Gasteiger partial charge in [0.15, 0.2) is 5.96 Å². The summed E-state index contributed by atoms with van der Waals surface area (Å²) in [6, 6.07) is 4.05. The van der Waals surface area contributed by atoms with Crippen molar-refractivity contribution >= 4 is 41.8 Å². The first-order chi connectivity index (χ1) is 15.5. The molecule has 0 saturated carbocycles. The molecule has 1 fully saturated rings. The van der Waals surface area contributed by atoms with Gasteiger partial charge in [-0.1, -0.05) is 20.3 Å². The van der Waals surface area contributed by atoms with Gasteiger partial charge < -0.3 is 25.0 Å². The van der Waals surface area contributed by atoms with Crippen molar-refractivity contribution < 1.29 is 9.59 Å². The molecule has 1 aromatic rings. The third kappa shape index (κ3) is 11.8. The summed E-state index contributed by atoms with van der Waals surface area (Å²) in [5, 5.41) is 6.64. The molecule has 0 aliphatic carbocycles. The molecular weight excluding hydrogens is 531 g/mol. The van der Waals surface area contributed by atoms with E-state index in [9.17, 15) is 9.59 Å². The summed E-state index contributed by atoms with van der Waals surface area (Å²) in [5.41, 5.74) is 0. The van der Waals surface area contributed by atoms with Gasteiger partial charge in [-0.2, -0.15) is 0 Å². The van der Waals surface area contributed by atoms with Crippen LogP contribution in [0.25, 0.3) is 0 Å². The van der Waals surface area contributed by atoms with Crippen molar-refractivity contribution in [3.05, 3.63) is 24.5 Å². The Hall–Kier alpha value is -1.78. The molecule has 0 aromatic carbocycles. The summed E-state index contributed by atoms with van der Waals surface area (Å²) < 4.78 is 2.14. The molecule has 0 atom stereocenters. The summed E-state index contributed by atoms with van der Waals surface area (Å²) in [4.78, 5) is 33.1. The molecule has 9 heteroatoms. The van der Waals surface area contributed by atoms with Crippen LogP contribution < -0.4 is 10.6 Å². The highest BCUT2D eigenvalue weighted by atomic mass is 127. The summed E-state index contributed by atoms with van der Waals surface area (Å²) in [6.45, 7) is 12.1. The number of nitrogens with zero attached hydrogens (tertiary/aromatic N) is 4. The Kier molecular flexibility index (Phi) is 14.9. The van der Waals surface area contributed by atoms with Gasteiger partial charge >= 0.3 is 0 Å². The Bertz CT molecular complexity index is 700. The quantitative estimate of drug-likeness (QED) is 0.174. The van der Waals surface area contributed by atoms with Gasteiger partial charge in [0.05, 0.1) is 0 Å². The molecule has 2 amide bonds. The molecule has 1 aliphatic heterocycles. The standard InChI is InChI=1S/C24H42N6O2.HI/c1-4-25-24(27-12-15-28-13-8-9-14-28)26-11-7-5-6-10-22(31)29-16-18-30(19-17-29)23(32)20-21(2)3;/h8-9,13-14,21H,4-7,10-12,15-20H2,1-3H3,(H2,25,26,27);1H. The number of piperazine rings is 1. The molecule has 188 valence electrons. The van der Waals surface area contributed by atoms with E-state index < -0.39 is 0 Å². The van der Waals surface area contributed by atoms with Crippen LogP contribution in [0.15, 0.2) is 29.5 Å². The number of hydrogen-bond donors (Lipinski definition) is 2. The number of guanidine groups is 1. The number of nitrogens with one attached hydrogen (secondary N) is 2. The lowest BCUT2D eigenvalue weighted by Crippen LogP contribution is -2.50. The summed E-state index contributed by atoms with van der Waals surface area (Å²) in [7, 11) is 0. The first-order valence-corrected chi connectivity index (χ1v) is 12.2. The number of carbonyl (C=O) groups is 2. The third-order valence-corrected chi connectivity index (χ3v) is 5.56. The van der Waals surface area contributed by atoms with Crippen LogP contribution in [0, 0.1) is 5.92 Å². The fourth-order valence-electron chi connectivity index (χ4n) is 3.76. The van der Waals surface area contributed by atoms with Gasteiger partial charge in [0.1, 0.15) is 0 Å². The van der Waals surface area contributed by atoms with E-state index in [1.807, 2.05) is 21.9 Å². The second kappa shape index (κ2) is 16.8. The molecule has 0 spiro atoms. The van der Waals surface area contributed by atoms with Crippen molar-refractivity contribution in [2.45, 2.75) is 59.4 Å². The highest BCUT2D eigenvalue weighted by molar-refractivity contribution is 14.0. The topological polar surface area (TPSA) is 82.0 Å². The van der Waals surface area contributed by atoms with Crippen molar-refractivity contribution in [1.82, 2.24) is 25.0 Å². The maximum atomic E-state index is 12.5. The van der Waals surface area contributed by atoms with E-state index in [0.717, 1.165) is 51.4 Å². The largest absolute Gasteiger partial charge is 0.357 e. The Morgan fingerprint density at radius 1 is 0.939 bits per heavy atom. The molecule has 2 N–H and O–H groups in total. The second-order valence-electron chi connectivity index (χ2n) is 8.78. The van der Waals surface area contributed by atoms with Crippen LogP contribution in [0.3, 0.4) is 0 Å². The lowest BCUT2D eigenvalue weighted by molar-refractivity contribution is -0.140. The molecule has 0 unspecified atom stereocenters. The van der Waals surface area contributed by atoms with Gasteiger partial charge in [-0.3, -0.25) is 14.6 Å². The number of aromatic nitrogens is 1. The van der Waals surface area contributed by atoms with Crippen LogP contribution >= 0.6 is 24.0 Å². The summed E-state index contributed by atoms with van der Waals surface area (Å²) in [5.74, 6) is 1.65. The van der Waals surface area contributed by atoms with Crippen LogP contribution in [0.5, 0.6) is 0 Å². The number of aliphatic imine (C=N–C) groups is 1. The van der Waals surface area contributed by atoms with Crippen molar-refractivity contribution in [3.63, 3.8) is 0 Å². The molecule has 1 aliphatic rings. The van der Waals surface area contributed by atoms with E-state index >= 15 is 0 Å². The van der Waals surface area contributed by atoms with E-state index in [4.69, 9.17) is 0 Å². The highest BCUT2D eigenvalue weighted by Gasteiger charge is 2.23. The van der Waals surface area contributed by atoms with Crippen molar-refractivity contribution in [2.24, 2.45) is 10.9 Å². The second-order valence-corrected chi connectivity index (χ2v) is 8.78. The van der Waals surface area contributed by atoms with Crippen molar-refractivity contribution in [1.29, 1.82) is 0 Å². The lowest BCUT2D eigenvalue weighted by Gasteiger charge is -2.35. The van der Waals surface area contributed by atoms with E-state index in [2.05, 4.69) is 53.4 Å². The number of hydrogen-bond acceptors (Lipinski definition) is 3. The normalized spacial score (nSPS) is 14.2. The zero-order valence-electron chi connectivity index (χ0n) is 20.6. The van der Waals surface area contributed by atoms with Gasteiger partial charge in [0, 0.05) is 77.6 Å². The molecule has 2 heterocycles. The third-order valence-electron chi connectivity index (χ3n) is 5.56. The average Bonchev–Trinajstić information content (AvgIpc) is 3.29. The molecule has 0 radical (unpaired) electrons. The van der Waals surface area contributed by atoms with Gasteiger partial charge in [0.25, 0.3) is 0 Å². The molecule has 8 nitrogen and oxygen atoms in total. The predicted molar refractivity (Wildman–Crippen MR) is 145 cm³/mol. The number of unbranched alkanes of at least 4 members (excludes halogenated alkanes) is 2. The number of halogens is 1. The van der Waals surface area contributed by atoms with Crippen LogP contribution in [0.4, 0.5) is 0 Å². The molecule has 33 heavy (non-hydrogen) atoms. The Morgan fingerprint density at radius 3 is 2.18 bits per heavy atom. The molecule has 0 bridgehead atoms. The average molecular weight is 575 g/mol. The summed E-state index contributed by atoms with van der Waals surface area (Å²) in [6.07, 6.45) is 8.13. The van der Waals surface area contributed by atoms with Crippen LogP contribution in [0.1, 0.15) is 52.9 Å². The zero-order chi connectivity index (χ0) is 23.2. The fraction of sp³-hybridized carbons (Fsp3) is 0.708. The summed E-state index contributed by atoms with van der Waals surface area (Å²) >= 11 is 0. The first kappa shape index (κ1) is 29.3. The Balaban J connectivity index is 0.00000544. The fourth-order valence-corrected chi connectivity index (χ4v) is 3.76. The van der Waals surface area contributed by atoms with E-state index in [1.165, 1.54) is 0 Å². The first-order valence-electron chi connectivity index (χ1n) is 12.2. The molecule has 1 saturated heterocycles. The van der Waals surface area contributed by atoms with E-state index in [0.29, 0.717) is 44.9 Å². The van der Waals surface area contributed by atoms with E-state index in [-0.39, 0.29) is 35.8 Å². The van der Waals surface area contributed by atoms with Gasteiger partial charge in [0.2, 0.25) is 11.8 Å². The van der Waals surface area contributed by atoms with Crippen LogP contribution in [-0.4, -0.2) is 78.0 Å². The number of amides is 2. The van der Waals surface area contributed by atoms with Crippen LogP contribution in [0.2, 0.25) is 0 Å². The number of rotatable bonds is 12. The smallest absolute Gasteiger partial charge is 0.222 e. The minimum absolute atomic E-state index is 0. The van der Waals surface area contributed by atoms with Crippen molar-refractivity contribution in [2.75, 3.05) is 45.8 Å². The Labute approximate surface area is 216 Å². The minimum Gasteiger partial charge on any atom is -0.357 e. The molecule has 2 rings (SSSR count). The lowest BCUT2D eigenvalue weighted by atomic mass is 10.1. The van der Waals surface area contributed by atoms with Crippen molar-refractivity contribution in [3.8, 4) is 0 Å². The monoisotopic (exact) mass is 574 g/mol. The number of carbonyl (C=O) groups excluding carboxylic acids is 2. The maximum absolute atomic E-state index is 12.5. The highest BCUT2D eigenvalue weighted by Crippen LogP contribution is 2.10. The van der Waals surface area contributed by atoms with Gasteiger partial charge in [-0.15, -0.1) is 24.0 Å². The molecular formula is C24H43IN6O2. The van der Waals surface area contributed by atoms with Crippen LogP contribution in [-0.2, 0) is 16.1 Å². The van der Waals surface area contributed by atoms with Gasteiger partial charge in [-0.05, 0) is 37.8 Å². The van der Waals surface area contributed by atoms with E-state index in [1.54, 1.807) is 0 Å². The zero-order valence-corrected chi connectivity index (χ0v) is 22.9. The molecule has 1 aromatic heterocycles. The minimum atomic E-state index is 0. The SMILES string of the molecule is CCNC(=NCCCCCC(=O)N1CCN(C(=O)CC(C)C)CC1)NCCn1cccc1.I. The Morgan fingerprint density at radius 2 is 1.58 bits per heavy atom. The predicted octanol–water partition coefficient (Wildman–Crippen LogP) is 2.94. The van der Waals surface area contributed by atoms with Gasteiger partial charge in [-0.25, -0.2) is 0 Å².